The van der Waals surface area contributed by atoms with E-state index in [1.54, 1.807) is 29.2 Å². The molecular formula is C14H15ClN4O2. The van der Waals surface area contributed by atoms with Crippen molar-refractivity contribution in [3.63, 3.8) is 0 Å². The zero-order chi connectivity index (χ0) is 14.8. The van der Waals surface area contributed by atoms with E-state index in [0.29, 0.717) is 29.6 Å². The summed E-state index contributed by atoms with van der Waals surface area (Å²) in [4.78, 5) is 14.3. The van der Waals surface area contributed by atoms with Crippen LogP contribution in [0.4, 0.5) is 6.01 Å². The van der Waals surface area contributed by atoms with Gasteiger partial charge in [0, 0.05) is 23.7 Å². The van der Waals surface area contributed by atoms with Crippen LogP contribution in [0.15, 0.2) is 28.7 Å². The summed E-state index contributed by atoms with van der Waals surface area (Å²) in [5.74, 6) is 0.498. The van der Waals surface area contributed by atoms with Crippen LogP contribution in [0.5, 0.6) is 0 Å². The molecular weight excluding hydrogens is 292 g/mol. The number of piperidine rings is 1. The molecule has 21 heavy (non-hydrogen) atoms. The molecule has 0 spiro atoms. The van der Waals surface area contributed by atoms with Gasteiger partial charge in [0.25, 0.3) is 5.91 Å². The molecule has 7 heteroatoms. The highest BCUT2D eigenvalue weighted by Gasteiger charge is 2.28. The maximum atomic E-state index is 12.5. The van der Waals surface area contributed by atoms with E-state index in [2.05, 4.69) is 10.2 Å². The molecule has 1 saturated heterocycles. The summed E-state index contributed by atoms with van der Waals surface area (Å²) >= 11 is 5.94. The fourth-order valence-electron chi connectivity index (χ4n) is 2.58. The highest BCUT2D eigenvalue weighted by molar-refractivity contribution is 6.30. The van der Waals surface area contributed by atoms with Gasteiger partial charge < -0.3 is 15.1 Å². The number of hydrogen-bond donors (Lipinski definition) is 1. The number of benzene rings is 1. The number of carbonyl (C=O) groups excluding carboxylic acids is 1. The SMILES string of the molecule is Nc1nnc(C2CCCN(C(=O)c3cccc(Cl)c3)C2)o1. The quantitative estimate of drug-likeness (QED) is 0.920. The summed E-state index contributed by atoms with van der Waals surface area (Å²) in [5, 5.41) is 8.15. The van der Waals surface area contributed by atoms with Crippen LogP contribution in [0.1, 0.15) is 35.0 Å². The van der Waals surface area contributed by atoms with Gasteiger partial charge in [-0.1, -0.05) is 22.8 Å². The Morgan fingerprint density at radius 3 is 3.00 bits per heavy atom. The third kappa shape index (κ3) is 3.00. The Bertz CT molecular complexity index is 658. The maximum absolute atomic E-state index is 12.5. The smallest absolute Gasteiger partial charge is 0.312 e. The van der Waals surface area contributed by atoms with Crippen LogP contribution in [0.25, 0.3) is 0 Å². The van der Waals surface area contributed by atoms with Crippen molar-refractivity contribution in [1.29, 1.82) is 0 Å². The highest BCUT2D eigenvalue weighted by Crippen LogP contribution is 2.27. The van der Waals surface area contributed by atoms with Gasteiger partial charge in [0.15, 0.2) is 0 Å². The van der Waals surface area contributed by atoms with Crippen LogP contribution in [0.2, 0.25) is 5.02 Å². The van der Waals surface area contributed by atoms with Crippen molar-refractivity contribution in [1.82, 2.24) is 15.1 Å². The lowest BCUT2D eigenvalue weighted by Gasteiger charge is -2.31. The number of amides is 1. The van der Waals surface area contributed by atoms with Gasteiger partial charge in [-0.25, -0.2) is 0 Å². The fraction of sp³-hybridized carbons (Fsp3) is 0.357. The average Bonchev–Trinajstić information content (AvgIpc) is 2.93. The summed E-state index contributed by atoms with van der Waals surface area (Å²) in [7, 11) is 0. The summed E-state index contributed by atoms with van der Waals surface area (Å²) in [6, 6.07) is 7.03. The molecule has 2 heterocycles. The molecule has 2 N–H and O–H groups in total. The van der Waals surface area contributed by atoms with Gasteiger partial charge in [0.1, 0.15) is 0 Å². The maximum Gasteiger partial charge on any atom is 0.312 e. The first-order chi connectivity index (χ1) is 10.1. The second kappa shape index (κ2) is 5.73. The Kier molecular flexibility index (Phi) is 3.79. The molecule has 1 aromatic carbocycles. The number of nitrogens with zero attached hydrogens (tertiary/aromatic N) is 3. The molecule has 1 fully saturated rings. The van der Waals surface area contributed by atoms with E-state index in [1.165, 1.54) is 0 Å². The van der Waals surface area contributed by atoms with Crippen LogP contribution in [-0.2, 0) is 0 Å². The van der Waals surface area contributed by atoms with Crippen LogP contribution in [-0.4, -0.2) is 34.1 Å². The van der Waals surface area contributed by atoms with Crippen LogP contribution in [0.3, 0.4) is 0 Å². The predicted octanol–water partition coefficient (Wildman–Crippen LogP) is 2.33. The first kappa shape index (κ1) is 13.9. The molecule has 1 aliphatic rings. The second-order valence-corrected chi connectivity index (χ2v) is 5.52. The molecule has 0 saturated carbocycles. The van der Waals surface area contributed by atoms with Gasteiger partial charge in [-0.2, -0.15) is 0 Å². The van der Waals surface area contributed by atoms with Crippen molar-refractivity contribution in [2.75, 3.05) is 18.8 Å². The van der Waals surface area contributed by atoms with Gasteiger partial charge in [-0.15, -0.1) is 5.10 Å². The Labute approximate surface area is 126 Å². The summed E-state index contributed by atoms with van der Waals surface area (Å²) in [6.07, 6.45) is 1.79. The molecule has 1 aromatic heterocycles. The largest absolute Gasteiger partial charge is 0.408 e. The van der Waals surface area contributed by atoms with Crippen LogP contribution in [0, 0.1) is 0 Å². The Morgan fingerprint density at radius 1 is 1.43 bits per heavy atom. The summed E-state index contributed by atoms with van der Waals surface area (Å²) in [6.45, 7) is 1.26. The first-order valence-electron chi connectivity index (χ1n) is 6.77. The van der Waals surface area contributed by atoms with E-state index in [1.807, 2.05) is 0 Å². The van der Waals surface area contributed by atoms with E-state index in [4.69, 9.17) is 21.8 Å². The Hall–Kier alpha value is -2.08. The van der Waals surface area contributed by atoms with Gasteiger partial charge in [-0.05, 0) is 31.0 Å². The molecule has 0 bridgehead atoms. The van der Waals surface area contributed by atoms with Crippen molar-refractivity contribution in [3.8, 4) is 0 Å². The van der Waals surface area contributed by atoms with Crippen molar-refractivity contribution in [3.05, 3.63) is 40.7 Å². The predicted molar refractivity (Wildman–Crippen MR) is 78.0 cm³/mol. The molecule has 2 aromatic rings. The molecule has 1 amide bonds. The minimum Gasteiger partial charge on any atom is -0.408 e. The molecule has 0 radical (unpaired) electrons. The molecule has 1 unspecified atom stereocenters. The Balaban J connectivity index is 1.75. The molecule has 110 valence electrons. The second-order valence-electron chi connectivity index (χ2n) is 5.08. The molecule has 6 nitrogen and oxygen atoms in total. The Morgan fingerprint density at radius 2 is 2.29 bits per heavy atom. The van der Waals surface area contributed by atoms with Gasteiger partial charge >= 0.3 is 6.01 Å². The number of halogens is 1. The monoisotopic (exact) mass is 306 g/mol. The summed E-state index contributed by atoms with van der Waals surface area (Å²) < 4.78 is 5.27. The van der Waals surface area contributed by atoms with Crippen LogP contribution >= 0.6 is 11.6 Å². The summed E-state index contributed by atoms with van der Waals surface area (Å²) in [5.41, 5.74) is 6.04. The normalized spacial score (nSPS) is 18.7. The van der Waals surface area contributed by atoms with Crippen molar-refractivity contribution in [2.45, 2.75) is 18.8 Å². The average molecular weight is 307 g/mol. The standard InChI is InChI=1S/C14H15ClN4O2/c15-11-5-1-3-9(7-11)13(20)19-6-2-4-10(8-19)12-17-18-14(16)21-12/h1,3,5,7,10H,2,4,6,8H2,(H2,16,18). The number of carbonyl (C=O) groups is 1. The number of hydrogen-bond acceptors (Lipinski definition) is 5. The fourth-order valence-corrected chi connectivity index (χ4v) is 2.77. The zero-order valence-electron chi connectivity index (χ0n) is 11.3. The number of likely N-dealkylation sites (tertiary alicyclic amines) is 1. The molecule has 3 rings (SSSR count). The highest BCUT2D eigenvalue weighted by atomic mass is 35.5. The first-order valence-corrected chi connectivity index (χ1v) is 7.15. The molecule has 1 aliphatic heterocycles. The zero-order valence-corrected chi connectivity index (χ0v) is 12.1. The van der Waals surface area contributed by atoms with Crippen LogP contribution < -0.4 is 5.73 Å². The lowest BCUT2D eigenvalue weighted by atomic mass is 9.97. The topological polar surface area (TPSA) is 85.2 Å². The van der Waals surface area contributed by atoms with E-state index >= 15 is 0 Å². The van der Waals surface area contributed by atoms with Crippen molar-refractivity contribution in [2.24, 2.45) is 0 Å². The van der Waals surface area contributed by atoms with E-state index in [-0.39, 0.29) is 17.8 Å². The van der Waals surface area contributed by atoms with E-state index in [0.717, 1.165) is 12.8 Å². The van der Waals surface area contributed by atoms with Gasteiger partial charge in [0.2, 0.25) is 5.89 Å². The van der Waals surface area contributed by atoms with Crippen molar-refractivity contribution < 1.29 is 9.21 Å². The lowest BCUT2D eigenvalue weighted by molar-refractivity contribution is 0.0698. The lowest BCUT2D eigenvalue weighted by Crippen LogP contribution is -2.39. The third-order valence-corrected chi connectivity index (χ3v) is 3.82. The third-order valence-electron chi connectivity index (χ3n) is 3.59. The minimum absolute atomic E-state index is 0.0327. The number of anilines is 1. The molecule has 1 atom stereocenters. The number of aromatic nitrogens is 2. The number of nitrogens with two attached hydrogens (primary N) is 1. The number of nitrogen functional groups attached to an aromatic ring is 1. The van der Waals surface area contributed by atoms with E-state index < -0.39 is 0 Å². The van der Waals surface area contributed by atoms with Crippen molar-refractivity contribution >= 4 is 23.5 Å². The minimum atomic E-state index is -0.0327. The van der Waals surface area contributed by atoms with Gasteiger partial charge in [-0.3, -0.25) is 4.79 Å². The number of rotatable bonds is 2. The van der Waals surface area contributed by atoms with Gasteiger partial charge in [0.05, 0.1) is 5.92 Å². The molecule has 0 aliphatic carbocycles. The van der Waals surface area contributed by atoms with E-state index in [9.17, 15) is 4.79 Å².